The van der Waals surface area contributed by atoms with Crippen molar-refractivity contribution in [2.24, 2.45) is 0 Å². The standard InChI is InChI=1S/C23H27N5/c1-27(2)20-13-11-19(12-14-20)24-21-17-22(28-15-7-4-8-16-28)26-23(25-21)18-9-5-3-6-10-18/h3,5-6,9-14,17H,4,7-8,15-16H2,1-2H3,(H,24,25,26). The molecule has 5 nitrogen and oxygen atoms in total. The maximum Gasteiger partial charge on any atom is 0.163 e. The van der Waals surface area contributed by atoms with Crippen LogP contribution >= 0.6 is 0 Å². The van der Waals surface area contributed by atoms with Gasteiger partial charge in [-0.3, -0.25) is 0 Å². The molecule has 1 N–H and O–H groups in total. The van der Waals surface area contributed by atoms with Gasteiger partial charge in [0.25, 0.3) is 0 Å². The van der Waals surface area contributed by atoms with E-state index in [0.29, 0.717) is 0 Å². The van der Waals surface area contributed by atoms with Gasteiger partial charge in [0.1, 0.15) is 11.6 Å². The van der Waals surface area contributed by atoms with Crippen LogP contribution in [-0.4, -0.2) is 37.2 Å². The van der Waals surface area contributed by atoms with E-state index in [4.69, 9.17) is 9.97 Å². The molecular weight excluding hydrogens is 346 g/mol. The van der Waals surface area contributed by atoms with Crippen LogP contribution in [0.4, 0.5) is 23.0 Å². The molecule has 0 spiro atoms. The third-order valence-corrected chi connectivity index (χ3v) is 5.08. The predicted octanol–water partition coefficient (Wildman–Crippen LogP) is 4.94. The largest absolute Gasteiger partial charge is 0.378 e. The van der Waals surface area contributed by atoms with E-state index in [0.717, 1.165) is 41.8 Å². The quantitative estimate of drug-likeness (QED) is 0.686. The van der Waals surface area contributed by atoms with E-state index in [1.54, 1.807) is 0 Å². The van der Waals surface area contributed by atoms with Crippen LogP contribution in [0.15, 0.2) is 60.7 Å². The Morgan fingerprint density at radius 1 is 0.857 bits per heavy atom. The molecule has 1 saturated heterocycles. The van der Waals surface area contributed by atoms with Gasteiger partial charge in [-0.05, 0) is 43.5 Å². The summed E-state index contributed by atoms with van der Waals surface area (Å²) in [6.07, 6.45) is 3.75. The molecule has 1 aromatic heterocycles. The van der Waals surface area contributed by atoms with E-state index in [1.165, 1.54) is 24.9 Å². The van der Waals surface area contributed by atoms with Crippen molar-refractivity contribution in [3.8, 4) is 11.4 Å². The number of anilines is 4. The number of piperidine rings is 1. The number of nitrogens with zero attached hydrogens (tertiary/aromatic N) is 4. The smallest absolute Gasteiger partial charge is 0.163 e. The Balaban J connectivity index is 1.66. The third kappa shape index (κ3) is 4.25. The zero-order valence-electron chi connectivity index (χ0n) is 16.6. The molecular formula is C23H27N5. The van der Waals surface area contributed by atoms with Gasteiger partial charge < -0.3 is 15.1 Å². The second-order valence-electron chi connectivity index (χ2n) is 7.42. The average Bonchev–Trinajstić information content (AvgIpc) is 2.75. The second-order valence-corrected chi connectivity index (χ2v) is 7.42. The number of hydrogen-bond donors (Lipinski definition) is 1. The Bertz CT molecular complexity index is 900. The minimum atomic E-state index is 0.760. The first kappa shape index (κ1) is 18.3. The Kier molecular flexibility index (Phi) is 5.42. The van der Waals surface area contributed by atoms with Gasteiger partial charge in [0.15, 0.2) is 5.82 Å². The van der Waals surface area contributed by atoms with Crippen LogP contribution in [0.25, 0.3) is 11.4 Å². The van der Waals surface area contributed by atoms with Gasteiger partial charge in [-0.2, -0.15) is 0 Å². The van der Waals surface area contributed by atoms with Gasteiger partial charge >= 0.3 is 0 Å². The lowest BCUT2D eigenvalue weighted by atomic mass is 10.1. The lowest BCUT2D eigenvalue weighted by Gasteiger charge is -2.28. The fourth-order valence-corrected chi connectivity index (χ4v) is 3.49. The summed E-state index contributed by atoms with van der Waals surface area (Å²) in [4.78, 5) is 14.1. The van der Waals surface area contributed by atoms with E-state index < -0.39 is 0 Å². The van der Waals surface area contributed by atoms with Crippen LogP contribution in [0.3, 0.4) is 0 Å². The van der Waals surface area contributed by atoms with Crippen molar-refractivity contribution in [1.82, 2.24) is 9.97 Å². The molecule has 144 valence electrons. The molecule has 28 heavy (non-hydrogen) atoms. The van der Waals surface area contributed by atoms with E-state index in [-0.39, 0.29) is 0 Å². The lowest BCUT2D eigenvalue weighted by Crippen LogP contribution is -2.30. The highest BCUT2D eigenvalue weighted by Gasteiger charge is 2.15. The molecule has 0 radical (unpaired) electrons. The number of nitrogens with one attached hydrogen (secondary N) is 1. The molecule has 2 aromatic carbocycles. The summed E-state index contributed by atoms with van der Waals surface area (Å²) in [6.45, 7) is 2.12. The number of aromatic nitrogens is 2. The first-order valence-electron chi connectivity index (χ1n) is 9.93. The number of rotatable bonds is 5. The molecule has 0 aliphatic carbocycles. The van der Waals surface area contributed by atoms with Crippen LogP contribution in [0.2, 0.25) is 0 Å². The van der Waals surface area contributed by atoms with Gasteiger partial charge in [0.05, 0.1) is 0 Å². The Morgan fingerprint density at radius 3 is 2.25 bits per heavy atom. The van der Waals surface area contributed by atoms with E-state index in [2.05, 4.69) is 57.6 Å². The number of benzene rings is 2. The maximum atomic E-state index is 4.87. The number of hydrogen-bond acceptors (Lipinski definition) is 5. The Morgan fingerprint density at radius 2 is 1.57 bits per heavy atom. The lowest BCUT2D eigenvalue weighted by molar-refractivity contribution is 0.573. The minimum Gasteiger partial charge on any atom is -0.378 e. The SMILES string of the molecule is CN(C)c1ccc(Nc2cc(N3CCCCC3)nc(-c3ccccc3)n2)cc1. The zero-order valence-corrected chi connectivity index (χ0v) is 16.6. The van der Waals surface area contributed by atoms with E-state index >= 15 is 0 Å². The van der Waals surface area contributed by atoms with E-state index in [1.807, 2.05) is 32.3 Å². The van der Waals surface area contributed by atoms with Crippen molar-refractivity contribution < 1.29 is 0 Å². The summed E-state index contributed by atoms with van der Waals surface area (Å²) in [7, 11) is 4.09. The van der Waals surface area contributed by atoms with Crippen molar-refractivity contribution in [1.29, 1.82) is 0 Å². The fourth-order valence-electron chi connectivity index (χ4n) is 3.49. The monoisotopic (exact) mass is 373 g/mol. The van der Waals surface area contributed by atoms with Gasteiger partial charge in [0, 0.05) is 50.2 Å². The Hall–Kier alpha value is -3.08. The van der Waals surface area contributed by atoms with Crippen molar-refractivity contribution in [3.05, 3.63) is 60.7 Å². The molecule has 4 rings (SSSR count). The van der Waals surface area contributed by atoms with Crippen LogP contribution in [0.5, 0.6) is 0 Å². The van der Waals surface area contributed by atoms with E-state index in [9.17, 15) is 0 Å². The van der Waals surface area contributed by atoms with Crippen LogP contribution < -0.4 is 15.1 Å². The molecule has 0 saturated carbocycles. The molecule has 0 bridgehead atoms. The topological polar surface area (TPSA) is 44.3 Å². The van der Waals surface area contributed by atoms with Crippen molar-refractivity contribution in [3.63, 3.8) is 0 Å². The van der Waals surface area contributed by atoms with Crippen LogP contribution in [0.1, 0.15) is 19.3 Å². The zero-order chi connectivity index (χ0) is 19.3. The van der Waals surface area contributed by atoms with Gasteiger partial charge in [-0.25, -0.2) is 9.97 Å². The van der Waals surface area contributed by atoms with Gasteiger partial charge in [-0.1, -0.05) is 30.3 Å². The Labute approximate surface area is 167 Å². The highest BCUT2D eigenvalue weighted by molar-refractivity contribution is 5.66. The van der Waals surface area contributed by atoms with Crippen molar-refractivity contribution in [2.75, 3.05) is 42.3 Å². The molecule has 0 unspecified atom stereocenters. The van der Waals surface area contributed by atoms with Crippen LogP contribution in [-0.2, 0) is 0 Å². The highest BCUT2D eigenvalue weighted by Crippen LogP contribution is 2.27. The van der Waals surface area contributed by atoms with Crippen molar-refractivity contribution in [2.45, 2.75) is 19.3 Å². The van der Waals surface area contributed by atoms with Crippen LogP contribution in [0, 0.1) is 0 Å². The first-order chi connectivity index (χ1) is 13.7. The molecule has 0 amide bonds. The molecule has 3 aromatic rings. The molecule has 0 atom stereocenters. The fraction of sp³-hybridized carbons (Fsp3) is 0.304. The second kappa shape index (κ2) is 8.30. The molecule has 1 fully saturated rings. The summed E-state index contributed by atoms with van der Waals surface area (Å²) in [5.74, 6) is 2.59. The maximum absolute atomic E-state index is 4.87. The molecule has 1 aliphatic heterocycles. The van der Waals surface area contributed by atoms with Gasteiger partial charge in [0.2, 0.25) is 0 Å². The summed E-state index contributed by atoms with van der Waals surface area (Å²) in [5, 5.41) is 3.46. The summed E-state index contributed by atoms with van der Waals surface area (Å²) < 4.78 is 0. The normalized spacial score (nSPS) is 14.0. The minimum absolute atomic E-state index is 0.760. The molecule has 1 aliphatic rings. The summed E-state index contributed by atoms with van der Waals surface area (Å²) in [5.41, 5.74) is 3.23. The summed E-state index contributed by atoms with van der Waals surface area (Å²) >= 11 is 0. The first-order valence-corrected chi connectivity index (χ1v) is 9.93. The van der Waals surface area contributed by atoms with Crippen molar-refractivity contribution >= 4 is 23.0 Å². The average molecular weight is 374 g/mol. The predicted molar refractivity (Wildman–Crippen MR) is 118 cm³/mol. The molecule has 5 heteroatoms. The molecule has 2 heterocycles. The van der Waals surface area contributed by atoms with Gasteiger partial charge in [-0.15, -0.1) is 0 Å². The highest BCUT2D eigenvalue weighted by atomic mass is 15.2. The third-order valence-electron chi connectivity index (χ3n) is 5.08. The summed E-state index contributed by atoms with van der Waals surface area (Å²) in [6, 6.07) is 20.6.